The average Bonchev–Trinajstić information content (AvgIpc) is 2.81. The van der Waals surface area contributed by atoms with Gasteiger partial charge in [0.05, 0.1) is 18.2 Å². The summed E-state index contributed by atoms with van der Waals surface area (Å²) in [5, 5.41) is 9.14. The summed E-state index contributed by atoms with van der Waals surface area (Å²) in [6.07, 6.45) is 4.20. The molecule has 1 saturated heterocycles. The van der Waals surface area contributed by atoms with Gasteiger partial charge < -0.3 is 14.5 Å². The molecule has 1 aliphatic rings. The summed E-state index contributed by atoms with van der Waals surface area (Å²) in [5.74, 6) is -0.00771. The molecule has 1 heterocycles. The molecular formula is C25H31N3O2. The zero-order valence-corrected chi connectivity index (χ0v) is 17.8. The lowest BCUT2D eigenvalue weighted by molar-refractivity contribution is 0.0484. The van der Waals surface area contributed by atoms with Crippen LogP contribution in [0.15, 0.2) is 54.6 Å². The van der Waals surface area contributed by atoms with Gasteiger partial charge in [-0.05, 0) is 56.0 Å². The molecule has 0 aromatic heterocycles. The van der Waals surface area contributed by atoms with E-state index in [0.717, 1.165) is 45.3 Å². The molecule has 2 aromatic carbocycles. The number of carbonyl (C=O) groups excluding carboxylic acids is 1. The lowest BCUT2D eigenvalue weighted by Gasteiger charge is -2.38. The number of methoxy groups -OCH3 is 1. The van der Waals surface area contributed by atoms with E-state index < -0.39 is 0 Å². The van der Waals surface area contributed by atoms with E-state index >= 15 is 0 Å². The van der Waals surface area contributed by atoms with Crippen LogP contribution in [0.4, 0.5) is 0 Å². The van der Waals surface area contributed by atoms with Crippen molar-refractivity contribution < 1.29 is 9.53 Å². The molecule has 0 saturated carbocycles. The molecule has 1 fully saturated rings. The van der Waals surface area contributed by atoms with Crippen LogP contribution in [0.2, 0.25) is 0 Å². The number of likely N-dealkylation sites (tertiary alicyclic amines) is 1. The fourth-order valence-electron chi connectivity index (χ4n) is 4.13. The van der Waals surface area contributed by atoms with Gasteiger partial charge in [0.25, 0.3) is 5.91 Å². The van der Waals surface area contributed by atoms with E-state index in [0.29, 0.717) is 24.3 Å². The Morgan fingerprint density at radius 3 is 2.63 bits per heavy atom. The summed E-state index contributed by atoms with van der Waals surface area (Å²) < 4.78 is 5.25. The second-order valence-corrected chi connectivity index (χ2v) is 7.85. The number of piperidine rings is 1. The predicted molar refractivity (Wildman–Crippen MR) is 118 cm³/mol. The average molecular weight is 406 g/mol. The Labute approximate surface area is 179 Å². The van der Waals surface area contributed by atoms with Crippen molar-refractivity contribution in [2.45, 2.75) is 31.7 Å². The lowest BCUT2D eigenvalue weighted by Crippen LogP contribution is -2.48. The standard InChI is InChI=1S/C25H31N3O2/c1-30-18-17-28(25(29)23-11-5-9-22(19-23)20-26)24-12-15-27(16-13-24)14-6-10-21-7-3-2-4-8-21/h2-5,7-9,11,19,24H,6,10,12-18H2,1H3. The van der Waals surface area contributed by atoms with E-state index in [9.17, 15) is 4.79 Å². The van der Waals surface area contributed by atoms with Gasteiger partial charge in [0.15, 0.2) is 0 Å². The molecule has 158 valence electrons. The highest BCUT2D eigenvalue weighted by atomic mass is 16.5. The Bertz CT molecular complexity index is 839. The molecule has 5 nitrogen and oxygen atoms in total. The molecule has 0 spiro atoms. The monoisotopic (exact) mass is 405 g/mol. The number of carbonyl (C=O) groups is 1. The molecule has 2 aromatic rings. The number of hydrogen-bond acceptors (Lipinski definition) is 4. The zero-order valence-electron chi connectivity index (χ0n) is 17.8. The number of aryl methyl sites for hydroxylation is 1. The maximum absolute atomic E-state index is 13.2. The molecule has 0 N–H and O–H groups in total. The highest BCUT2D eigenvalue weighted by Crippen LogP contribution is 2.20. The van der Waals surface area contributed by atoms with Crippen LogP contribution in [0.5, 0.6) is 0 Å². The fourth-order valence-corrected chi connectivity index (χ4v) is 4.13. The first-order valence-corrected chi connectivity index (χ1v) is 10.8. The van der Waals surface area contributed by atoms with Gasteiger partial charge in [-0.3, -0.25) is 4.79 Å². The van der Waals surface area contributed by atoms with E-state index in [1.165, 1.54) is 5.56 Å². The third-order valence-corrected chi connectivity index (χ3v) is 5.82. The second kappa shape index (κ2) is 11.5. The molecular weight excluding hydrogens is 374 g/mol. The Morgan fingerprint density at radius 1 is 1.17 bits per heavy atom. The van der Waals surface area contributed by atoms with Crippen LogP contribution in [-0.2, 0) is 11.2 Å². The van der Waals surface area contributed by atoms with Crippen molar-refractivity contribution in [1.29, 1.82) is 5.26 Å². The van der Waals surface area contributed by atoms with Gasteiger partial charge in [-0.25, -0.2) is 0 Å². The first-order valence-electron chi connectivity index (χ1n) is 10.8. The molecule has 1 aliphatic heterocycles. The summed E-state index contributed by atoms with van der Waals surface area (Å²) in [5.41, 5.74) is 2.49. The highest BCUT2D eigenvalue weighted by molar-refractivity contribution is 5.94. The van der Waals surface area contributed by atoms with Crippen LogP contribution in [-0.4, -0.2) is 61.6 Å². The van der Waals surface area contributed by atoms with E-state index in [4.69, 9.17) is 10.00 Å². The Balaban J connectivity index is 1.54. The highest BCUT2D eigenvalue weighted by Gasteiger charge is 2.28. The summed E-state index contributed by atoms with van der Waals surface area (Å²) in [7, 11) is 1.66. The van der Waals surface area contributed by atoms with Crippen LogP contribution >= 0.6 is 0 Å². The number of rotatable bonds is 9. The first kappa shape index (κ1) is 22.0. The van der Waals surface area contributed by atoms with Crippen molar-refractivity contribution >= 4 is 5.91 Å². The van der Waals surface area contributed by atoms with Gasteiger partial charge in [0, 0.05) is 38.3 Å². The van der Waals surface area contributed by atoms with Crippen LogP contribution in [0.1, 0.15) is 40.7 Å². The van der Waals surface area contributed by atoms with Crippen molar-refractivity contribution in [2.75, 3.05) is 39.9 Å². The zero-order chi connectivity index (χ0) is 21.2. The summed E-state index contributed by atoms with van der Waals surface area (Å²) in [6, 6.07) is 19.9. The minimum Gasteiger partial charge on any atom is -0.383 e. The molecule has 0 aliphatic carbocycles. The van der Waals surface area contributed by atoms with Crippen LogP contribution in [0.3, 0.4) is 0 Å². The number of benzene rings is 2. The van der Waals surface area contributed by atoms with Gasteiger partial charge in [-0.15, -0.1) is 0 Å². The molecule has 1 amide bonds. The van der Waals surface area contributed by atoms with Crippen molar-refractivity contribution in [3.05, 3.63) is 71.3 Å². The normalized spacial score (nSPS) is 14.9. The van der Waals surface area contributed by atoms with Gasteiger partial charge in [-0.2, -0.15) is 5.26 Å². The Hall–Kier alpha value is -2.68. The van der Waals surface area contributed by atoms with E-state index in [1.807, 2.05) is 4.90 Å². The summed E-state index contributed by atoms with van der Waals surface area (Å²) >= 11 is 0. The summed E-state index contributed by atoms with van der Waals surface area (Å²) in [4.78, 5) is 17.6. The molecule has 0 atom stereocenters. The van der Waals surface area contributed by atoms with Crippen molar-refractivity contribution in [3.63, 3.8) is 0 Å². The molecule has 30 heavy (non-hydrogen) atoms. The third kappa shape index (κ3) is 6.16. The van der Waals surface area contributed by atoms with Crippen LogP contribution < -0.4 is 0 Å². The molecule has 0 radical (unpaired) electrons. The minimum absolute atomic E-state index is 0.00771. The Kier molecular flexibility index (Phi) is 8.43. The van der Waals surface area contributed by atoms with Crippen molar-refractivity contribution in [2.24, 2.45) is 0 Å². The maximum atomic E-state index is 13.2. The quantitative estimate of drug-likeness (QED) is 0.638. The number of nitriles is 1. The second-order valence-electron chi connectivity index (χ2n) is 7.85. The molecule has 3 rings (SSSR count). The Morgan fingerprint density at radius 2 is 1.93 bits per heavy atom. The van der Waals surface area contributed by atoms with Gasteiger partial charge >= 0.3 is 0 Å². The van der Waals surface area contributed by atoms with E-state index in [2.05, 4.69) is 41.3 Å². The van der Waals surface area contributed by atoms with Gasteiger partial charge in [0.1, 0.15) is 0 Å². The van der Waals surface area contributed by atoms with Gasteiger partial charge in [-0.1, -0.05) is 36.4 Å². The lowest BCUT2D eigenvalue weighted by atomic mass is 10.0. The molecule has 5 heteroatoms. The molecule has 0 unspecified atom stereocenters. The number of amides is 1. The van der Waals surface area contributed by atoms with Crippen molar-refractivity contribution in [1.82, 2.24) is 9.80 Å². The van der Waals surface area contributed by atoms with Crippen LogP contribution in [0, 0.1) is 11.3 Å². The topological polar surface area (TPSA) is 56.6 Å². The maximum Gasteiger partial charge on any atom is 0.254 e. The minimum atomic E-state index is -0.00771. The third-order valence-electron chi connectivity index (χ3n) is 5.82. The smallest absolute Gasteiger partial charge is 0.254 e. The number of nitrogens with zero attached hydrogens (tertiary/aromatic N) is 3. The summed E-state index contributed by atoms with van der Waals surface area (Å²) in [6.45, 7) is 4.20. The van der Waals surface area contributed by atoms with Gasteiger partial charge in [0.2, 0.25) is 0 Å². The fraction of sp³-hybridized carbons (Fsp3) is 0.440. The van der Waals surface area contributed by atoms with Crippen LogP contribution in [0.25, 0.3) is 0 Å². The number of ether oxygens (including phenoxy) is 1. The predicted octanol–water partition coefficient (Wildman–Crippen LogP) is 3.74. The van der Waals surface area contributed by atoms with E-state index in [1.54, 1.807) is 31.4 Å². The SMILES string of the molecule is COCCN(C(=O)c1cccc(C#N)c1)C1CCN(CCCc2ccccc2)CC1. The van der Waals surface area contributed by atoms with E-state index in [-0.39, 0.29) is 11.9 Å². The van der Waals surface area contributed by atoms with Crippen molar-refractivity contribution in [3.8, 4) is 6.07 Å². The molecule has 0 bridgehead atoms. The number of hydrogen-bond donors (Lipinski definition) is 0. The first-order chi connectivity index (χ1) is 14.7. The largest absolute Gasteiger partial charge is 0.383 e.